The van der Waals surface area contributed by atoms with E-state index >= 15 is 0 Å². The summed E-state index contributed by atoms with van der Waals surface area (Å²) in [6.45, 7) is 0. The Labute approximate surface area is 145 Å². The molecule has 4 rings (SSSR count). The number of halogens is 3. The first-order valence-corrected chi connectivity index (χ1v) is 8.41. The van der Waals surface area contributed by atoms with E-state index < -0.39 is 11.7 Å². The second-order valence-electron chi connectivity index (χ2n) is 6.00. The van der Waals surface area contributed by atoms with E-state index in [9.17, 15) is 13.2 Å². The number of imidazole rings is 1. The first-order valence-electron chi connectivity index (χ1n) is 7.59. The Bertz CT molecular complexity index is 1060. The Balaban J connectivity index is 1.78. The third-order valence-electron chi connectivity index (χ3n) is 4.10. The Hall–Kier alpha value is -2.54. The number of hydrogen-bond donors (Lipinski definition) is 0. The molecule has 0 unspecified atom stereocenters. The van der Waals surface area contributed by atoms with E-state index in [-0.39, 0.29) is 0 Å². The number of anilines is 1. The van der Waals surface area contributed by atoms with Gasteiger partial charge in [0, 0.05) is 31.5 Å². The van der Waals surface area contributed by atoms with Gasteiger partial charge in [-0.15, -0.1) is 0 Å². The minimum atomic E-state index is -4.33. The van der Waals surface area contributed by atoms with Crippen molar-refractivity contribution < 1.29 is 13.2 Å². The molecule has 0 aliphatic carbocycles. The van der Waals surface area contributed by atoms with Crippen molar-refractivity contribution in [3.63, 3.8) is 0 Å². The summed E-state index contributed by atoms with van der Waals surface area (Å²) < 4.78 is 41.0. The van der Waals surface area contributed by atoms with Gasteiger partial charge in [-0.2, -0.15) is 13.2 Å². The average Bonchev–Trinajstić information content (AvgIpc) is 3.11. The highest BCUT2D eigenvalue weighted by atomic mass is 32.1. The van der Waals surface area contributed by atoms with Crippen LogP contribution in [-0.4, -0.2) is 23.5 Å². The second kappa shape index (κ2) is 5.49. The average molecular weight is 361 g/mol. The summed E-state index contributed by atoms with van der Waals surface area (Å²) in [5, 5.41) is 0. The zero-order chi connectivity index (χ0) is 17.8. The van der Waals surface area contributed by atoms with Crippen LogP contribution in [0.2, 0.25) is 0 Å². The topological polar surface area (TPSA) is 20.5 Å². The molecule has 2 heterocycles. The Morgan fingerprint density at radius 3 is 2.40 bits per heavy atom. The molecule has 0 N–H and O–H groups in total. The molecule has 2 aromatic heterocycles. The van der Waals surface area contributed by atoms with E-state index in [0.717, 1.165) is 28.5 Å². The van der Waals surface area contributed by atoms with E-state index in [1.54, 1.807) is 0 Å². The molecule has 0 saturated carbocycles. The van der Waals surface area contributed by atoms with Crippen LogP contribution in [0.1, 0.15) is 5.56 Å². The second-order valence-corrected chi connectivity index (χ2v) is 7.01. The molecule has 0 aliphatic rings. The molecule has 0 radical (unpaired) electrons. The summed E-state index contributed by atoms with van der Waals surface area (Å²) in [6.07, 6.45) is -2.47. The SMILES string of the molecule is CN(C)c1ccc(-c2cn3c(n2)sc2cc(C(F)(F)F)ccc23)cc1. The molecule has 0 atom stereocenters. The van der Waals surface area contributed by atoms with Gasteiger partial charge in [-0.1, -0.05) is 23.5 Å². The van der Waals surface area contributed by atoms with Gasteiger partial charge in [0.15, 0.2) is 4.96 Å². The Morgan fingerprint density at radius 2 is 1.76 bits per heavy atom. The fraction of sp³-hybridized carbons (Fsp3) is 0.167. The lowest BCUT2D eigenvalue weighted by atomic mass is 10.1. The van der Waals surface area contributed by atoms with Crippen molar-refractivity contribution in [3.05, 3.63) is 54.2 Å². The largest absolute Gasteiger partial charge is 0.416 e. The summed E-state index contributed by atoms with van der Waals surface area (Å²) >= 11 is 1.26. The van der Waals surface area contributed by atoms with Crippen LogP contribution < -0.4 is 4.90 Å². The van der Waals surface area contributed by atoms with Crippen LogP contribution in [0.15, 0.2) is 48.7 Å². The fourth-order valence-electron chi connectivity index (χ4n) is 2.75. The third kappa shape index (κ3) is 2.74. The van der Waals surface area contributed by atoms with Gasteiger partial charge >= 0.3 is 6.18 Å². The standard InChI is InChI=1S/C18H14F3N3S/c1-23(2)13-6-3-11(4-7-13)14-10-24-15-8-5-12(18(19,20)21)9-16(15)25-17(24)22-14/h3-10H,1-2H3. The molecule has 0 spiro atoms. The predicted molar refractivity (Wildman–Crippen MR) is 95.3 cm³/mol. The van der Waals surface area contributed by atoms with Gasteiger partial charge in [-0.25, -0.2) is 4.98 Å². The van der Waals surface area contributed by atoms with Gasteiger partial charge in [0.1, 0.15) is 0 Å². The molecular formula is C18H14F3N3S. The molecule has 0 bridgehead atoms. The summed E-state index contributed by atoms with van der Waals surface area (Å²) in [5.41, 5.74) is 2.97. The highest BCUT2D eigenvalue weighted by Gasteiger charge is 2.30. The van der Waals surface area contributed by atoms with Gasteiger partial charge in [-0.05, 0) is 30.3 Å². The quantitative estimate of drug-likeness (QED) is 0.483. The number of alkyl halides is 3. The maximum absolute atomic E-state index is 12.9. The molecular weight excluding hydrogens is 347 g/mol. The molecule has 25 heavy (non-hydrogen) atoms. The summed E-state index contributed by atoms with van der Waals surface area (Å²) in [7, 11) is 3.95. The maximum atomic E-state index is 12.9. The smallest absolute Gasteiger partial charge is 0.378 e. The zero-order valence-corrected chi connectivity index (χ0v) is 14.3. The number of fused-ring (bicyclic) bond motifs is 3. The number of nitrogens with zero attached hydrogens (tertiary/aromatic N) is 3. The van der Waals surface area contributed by atoms with Crippen LogP contribution in [0.4, 0.5) is 18.9 Å². The number of aromatic nitrogens is 2. The minimum absolute atomic E-state index is 0.576. The minimum Gasteiger partial charge on any atom is -0.378 e. The van der Waals surface area contributed by atoms with E-state index in [1.807, 2.05) is 53.9 Å². The van der Waals surface area contributed by atoms with Crippen LogP contribution in [0, 0.1) is 0 Å². The van der Waals surface area contributed by atoms with Gasteiger partial charge in [0.25, 0.3) is 0 Å². The lowest BCUT2D eigenvalue weighted by Crippen LogP contribution is -2.07. The van der Waals surface area contributed by atoms with Gasteiger partial charge in [0.05, 0.1) is 21.5 Å². The van der Waals surface area contributed by atoms with Crippen molar-refractivity contribution >= 4 is 32.2 Å². The first-order chi connectivity index (χ1) is 11.8. The molecule has 0 amide bonds. The molecule has 0 saturated heterocycles. The van der Waals surface area contributed by atoms with Crippen molar-refractivity contribution in [2.45, 2.75) is 6.18 Å². The van der Waals surface area contributed by atoms with Crippen LogP contribution >= 0.6 is 11.3 Å². The van der Waals surface area contributed by atoms with Gasteiger partial charge < -0.3 is 4.90 Å². The van der Waals surface area contributed by atoms with Crippen molar-refractivity contribution in [3.8, 4) is 11.3 Å². The van der Waals surface area contributed by atoms with Gasteiger partial charge in [0.2, 0.25) is 0 Å². The lowest BCUT2D eigenvalue weighted by molar-refractivity contribution is -0.137. The van der Waals surface area contributed by atoms with Crippen molar-refractivity contribution in [2.75, 3.05) is 19.0 Å². The number of thiazole rings is 1. The lowest BCUT2D eigenvalue weighted by Gasteiger charge is -2.12. The molecule has 0 aliphatic heterocycles. The van der Waals surface area contributed by atoms with E-state index in [2.05, 4.69) is 4.98 Å². The summed E-state index contributed by atoms with van der Waals surface area (Å²) in [6, 6.07) is 11.8. The first kappa shape index (κ1) is 16.0. The number of hydrogen-bond acceptors (Lipinski definition) is 3. The molecule has 128 valence electrons. The van der Waals surface area contributed by atoms with E-state index in [1.165, 1.54) is 23.5 Å². The van der Waals surface area contributed by atoms with Crippen LogP contribution in [0.3, 0.4) is 0 Å². The van der Waals surface area contributed by atoms with E-state index in [4.69, 9.17) is 0 Å². The zero-order valence-electron chi connectivity index (χ0n) is 13.5. The van der Waals surface area contributed by atoms with Crippen LogP contribution in [0.5, 0.6) is 0 Å². The summed E-state index contributed by atoms with van der Waals surface area (Å²) in [5.74, 6) is 0. The highest BCUT2D eigenvalue weighted by Crippen LogP contribution is 2.35. The van der Waals surface area contributed by atoms with Gasteiger partial charge in [-0.3, -0.25) is 4.40 Å². The fourth-order valence-corrected chi connectivity index (χ4v) is 3.79. The van der Waals surface area contributed by atoms with Crippen molar-refractivity contribution in [2.24, 2.45) is 0 Å². The molecule has 2 aromatic carbocycles. The monoisotopic (exact) mass is 361 g/mol. The van der Waals surface area contributed by atoms with E-state index in [0.29, 0.717) is 9.66 Å². The number of rotatable bonds is 2. The van der Waals surface area contributed by atoms with Crippen LogP contribution in [0.25, 0.3) is 26.4 Å². The highest BCUT2D eigenvalue weighted by molar-refractivity contribution is 7.23. The number of benzene rings is 2. The van der Waals surface area contributed by atoms with Crippen molar-refractivity contribution in [1.82, 2.24) is 9.38 Å². The normalized spacial score (nSPS) is 12.2. The Kier molecular flexibility index (Phi) is 3.50. The molecule has 0 fully saturated rings. The molecule has 3 nitrogen and oxygen atoms in total. The predicted octanol–water partition coefficient (Wildman–Crippen LogP) is 5.30. The molecule has 4 aromatic rings. The third-order valence-corrected chi connectivity index (χ3v) is 5.12. The molecule has 7 heteroatoms. The summed E-state index contributed by atoms with van der Waals surface area (Å²) in [4.78, 5) is 7.27. The Morgan fingerprint density at radius 1 is 1.04 bits per heavy atom. The van der Waals surface area contributed by atoms with Crippen LogP contribution in [-0.2, 0) is 6.18 Å². The van der Waals surface area contributed by atoms with Crippen molar-refractivity contribution in [1.29, 1.82) is 0 Å². The maximum Gasteiger partial charge on any atom is 0.416 e.